The SMILES string of the molecule is C=COCCOC1CCCC2C(OCCOC=C)CCCC12. The lowest BCUT2D eigenvalue weighted by Crippen LogP contribution is -2.44. The van der Waals surface area contributed by atoms with Gasteiger partial charge in [-0.2, -0.15) is 0 Å². The zero-order valence-electron chi connectivity index (χ0n) is 13.6. The number of rotatable bonds is 10. The number of hydrogen-bond donors (Lipinski definition) is 0. The van der Waals surface area contributed by atoms with Crippen LogP contribution in [-0.2, 0) is 18.9 Å². The molecule has 0 saturated heterocycles. The van der Waals surface area contributed by atoms with Gasteiger partial charge in [0.2, 0.25) is 0 Å². The van der Waals surface area contributed by atoms with Gasteiger partial charge in [0, 0.05) is 0 Å². The van der Waals surface area contributed by atoms with E-state index in [2.05, 4.69) is 13.2 Å². The molecular weight excluding hydrogens is 280 g/mol. The quantitative estimate of drug-likeness (QED) is 0.456. The van der Waals surface area contributed by atoms with Crippen molar-refractivity contribution >= 4 is 0 Å². The van der Waals surface area contributed by atoms with Crippen molar-refractivity contribution in [1.82, 2.24) is 0 Å². The van der Waals surface area contributed by atoms with Crippen LogP contribution in [0.3, 0.4) is 0 Å². The number of fused-ring (bicyclic) bond motifs is 1. The largest absolute Gasteiger partial charge is 0.499 e. The fourth-order valence-corrected chi connectivity index (χ4v) is 3.96. The van der Waals surface area contributed by atoms with Crippen LogP contribution in [-0.4, -0.2) is 38.6 Å². The molecule has 2 fully saturated rings. The molecule has 0 amide bonds. The summed E-state index contributed by atoms with van der Waals surface area (Å²) in [6, 6.07) is 0. The lowest BCUT2D eigenvalue weighted by Gasteiger charge is -2.45. The van der Waals surface area contributed by atoms with Gasteiger partial charge in [0.05, 0.1) is 37.9 Å². The van der Waals surface area contributed by atoms with Crippen LogP contribution in [0, 0.1) is 11.8 Å². The van der Waals surface area contributed by atoms with E-state index in [4.69, 9.17) is 18.9 Å². The van der Waals surface area contributed by atoms with Crippen LogP contribution in [0.2, 0.25) is 0 Å². The van der Waals surface area contributed by atoms with E-state index in [1.54, 1.807) is 0 Å². The molecule has 2 aliphatic rings. The molecule has 4 nitrogen and oxygen atoms in total. The summed E-state index contributed by atoms with van der Waals surface area (Å²) in [5, 5.41) is 0. The monoisotopic (exact) mass is 310 g/mol. The Balaban J connectivity index is 1.79. The van der Waals surface area contributed by atoms with E-state index in [0.29, 0.717) is 50.5 Å². The Morgan fingerprint density at radius 1 is 0.682 bits per heavy atom. The molecule has 0 radical (unpaired) electrons. The zero-order chi connectivity index (χ0) is 15.6. The summed E-state index contributed by atoms with van der Waals surface area (Å²) in [5.74, 6) is 1.27. The van der Waals surface area contributed by atoms with Crippen molar-refractivity contribution in [3.05, 3.63) is 25.7 Å². The van der Waals surface area contributed by atoms with E-state index in [1.807, 2.05) is 0 Å². The van der Waals surface area contributed by atoms with Crippen molar-refractivity contribution in [2.75, 3.05) is 26.4 Å². The lowest BCUT2D eigenvalue weighted by molar-refractivity contribution is -0.112. The molecule has 22 heavy (non-hydrogen) atoms. The first-order valence-corrected chi connectivity index (χ1v) is 8.55. The van der Waals surface area contributed by atoms with Crippen LogP contribution < -0.4 is 0 Å². The third-order valence-corrected chi connectivity index (χ3v) is 4.86. The normalized spacial score (nSPS) is 31.1. The molecule has 126 valence electrons. The molecule has 4 heteroatoms. The molecule has 4 unspecified atom stereocenters. The average Bonchev–Trinajstić information content (AvgIpc) is 2.56. The van der Waals surface area contributed by atoms with Crippen LogP contribution in [0.5, 0.6) is 0 Å². The second-order valence-electron chi connectivity index (χ2n) is 6.08. The van der Waals surface area contributed by atoms with E-state index in [0.717, 1.165) is 0 Å². The van der Waals surface area contributed by atoms with Gasteiger partial charge in [0.25, 0.3) is 0 Å². The molecule has 0 heterocycles. The lowest BCUT2D eigenvalue weighted by atomic mass is 9.68. The molecule has 0 aromatic carbocycles. The summed E-state index contributed by atoms with van der Waals surface area (Å²) in [4.78, 5) is 0. The van der Waals surface area contributed by atoms with Gasteiger partial charge in [0.15, 0.2) is 0 Å². The fourth-order valence-electron chi connectivity index (χ4n) is 3.96. The number of hydrogen-bond acceptors (Lipinski definition) is 4. The standard InChI is InChI=1S/C18H30O4/c1-3-19-11-13-21-17-9-5-8-16-15(17)7-6-10-18(16)22-14-12-20-4-2/h3-4,15-18H,1-2,5-14H2. The van der Waals surface area contributed by atoms with Gasteiger partial charge in [-0.25, -0.2) is 0 Å². The second-order valence-corrected chi connectivity index (χ2v) is 6.08. The highest BCUT2D eigenvalue weighted by Gasteiger charge is 2.41. The van der Waals surface area contributed by atoms with Gasteiger partial charge in [0.1, 0.15) is 13.2 Å². The summed E-state index contributed by atoms with van der Waals surface area (Å²) in [6.45, 7) is 9.59. The summed E-state index contributed by atoms with van der Waals surface area (Å²) >= 11 is 0. The van der Waals surface area contributed by atoms with Gasteiger partial charge in [-0.05, 0) is 37.5 Å². The van der Waals surface area contributed by atoms with Crippen molar-refractivity contribution in [2.45, 2.75) is 50.7 Å². The Hall–Kier alpha value is -1.00. The minimum atomic E-state index is 0.364. The van der Waals surface area contributed by atoms with Crippen molar-refractivity contribution in [2.24, 2.45) is 11.8 Å². The number of ether oxygens (including phenoxy) is 4. The van der Waals surface area contributed by atoms with E-state index in [-0.39, 0.29) is 0 Å². The molecule has 2 saturated carbocycles. The summed E-state index contributed by atoms with van der Waals surface area (Å²) in [6.07, 6.45) is 11.0. The molecule has 0 N–H and O–H groups in total. The first-order chi connectivity index (χ1) is 10.9. The van der Waals surface area contributed by atoms with Crippen LogP contribution in [0.15, 0.2) is 25.7 Å². The molecule has 0 aliphatic heterocycles. The van der Waals surface area contributed by atoms with Crippen molar-refractivity contribution < 1.29 is 18.9 Å². The molecule has 4 atom stereocenters. The molecule has 0 bridgehead atoms. The van der Waals surface area contributed by atoms with Gasteiger partial charge in [-0.15, -0.1) is 0 Å². The maximum absolute atomic E-state index is 6.08. The van der Waals surface area contributed by atoms with E-state index in [1.165, 1.54) is 51.0 Å². The van der Waals surface area contributed by atoms with Crippen LogP contribution in [0.25, 0.3) is 0 Å². The van der Waals surface area contributed by atoms with E-state index in [9.17, 15) is 0 Å². The Labute approximate surface area is 134 Å². The summed E-state index contributed by atoms with van der Waals surface area (Å²) in [7, 11) is 0. The summed E-state index contributed by atoms with van der Waals surface area (Å²) < 4.78 is 22.5. The van der Waals surface area contributed by atoms with E-state index < -0.39 is 0 Å². The molecule has 2 rings (SSSR count). The topological polar surface area (TPSA) is 36.9 Å². The molecule has 0 aromatic heterocycles. The maximum atomic E-state index is 6.08. The molecule has 2 aliphatic carbocycles. The minimum absolute atomic E-state index is 0.364. The smallest absolute Gasteiger partial charge is 0.111 e. The Morgan fingerprint density at radius 3 is 1.55 bits per heavy atom. The minimum Gasteiger partial charge on any atom is -0.499 e. The Kier molecular flexibility index (Phi) is 7.81. The van der Waals surface area contributed by atoms with Gasteiger partial charge < -0.3 is 18.9 Å². The molecule has 0 spiro atoms. The second kappa shape index (κ2) is 9.90. The molecular formula is C18H30O4. The van der Waals surface area contributed by atoms with Crippen molar-refractivity contribution in [3.63, 3.8) is 0 Å². The Morgan fingerprint density at radius 2 is 1.14 bits per heavy atom. The third-order valence-electron chi connectivity index (χ3n) is 4.86. The average molecular weight is 310 g/mol. The van der Waals surface area contributed by atoms with Crippen LogP contribution >= 0.6 is 0 Å². The summed E-state index contributed by atoms with van der Waals surface area (Å²) in [5.41, 5.74) is 0. The van der Waals surface area contributed by atoms with Crippen LogP contribution in [0.4, 0.5) is 0 Å². The third kappa shape index (κ3) is 5.03. The van der Waals surface area contributed by atoms with E-state index >= 15 is 0 Å². The highest BCUT2D eigenvalue weighted by Crippen LogP contribution is 2.43. The fraction of sp³-hybridized carbons (Fsp3) is 0.778. The zero-order valence-corrected chi connectivity index (χ0v) is 13.6. The van der Waals surface area contributed by atoms with Gasteiger partial charge >= 0.3 is 0 Å². The first kappa shape index (κ1) is 17.4. The van der Waals surface area contributed by atoms with Gasteiger partial charge in [-0.3, -0.25) is 0 Å². The predicted octanol–water partition coefficient (Wildman–Crippen LogP) is 3.68. The van der Waals surface area contributed by atoms with Gasteiger partial charge in [-0.1, -0.05) is 26.0 Å². The molecule has 0 aromatic rings. The van der Waals surface area contributed by atoms with Crippen molar-refractivity contribution in [1.29, 1.82) is 0 Å². The Bertz CT molecular complexity index is 299. The maximum Gasteiger partial charge on any atom is 0.111 e. The van der Waals surface area contributed by atoms with Crippen molar-refractivity contribution in [3.8, 4) is 0 Å². The predicted molar refractivity (Wildman–Crippen MR) is 86.5 cm³/mol. The highest BCUT2D eigenvalue weighted by molar-refractivity contribution is 4.91. The highest BCUT2D eigenvalue weighted by atomic mass is 16.5. The van der Waals surface area contributed by atoms with Crippen LogP contribution in [0.1, 0.15) is 38.5 Å². The first-order valence-electron chi connectivity index (χ1n) is 8.55.